The van der Waals surface area contributed by atoms with Gasteiger partial charge in [-0.2, -0.15) is 17.0 Å². The van der Waals surface area contributed by atoms with Gasteiger partial charge in [-0.3, -0.25) is 4.79 Å². The lowest BCUT2D eigenvalue weighted by Crippen LogP contribution is -2.50. The van der Waals surface area contributed by atoms with Crippen LogP contribution in [0.2, 0.25) is 0 Å². The van der Waals surface area contributed by atoms with Gasteiger partial charge in [0.15, 0.2) is 0 Å². The Morgan fingerprint density at radius 1 is 1.10 bits per heavy atom. The summed E-state index contributed by atoms with van der Waals surface area (Å²) in [6.45, 7) is 2.72. The Labute approximate surface area is 119 Å². The maximum Gasteiger partial charge on any atom is 0.303 e. The van der Waals surface area contributed by atoms with Crippen LogP contribution in [0.25, 0.3) is 0 Å². The van der Waals surface area contributed by atoms with E-state index in [2.05, 4.69) is 0 Å². The number of carbonyl (C=O) groups is 1. The third-order valence-corrected chi connectivity index (χ3v) is 6.00. The maximum absolute atomic E-state index is 12.4. The molecule has 0 saturated carbocycles. The number of ether oxygens (including phenoxy) is 1. The molecule has 0 radical (unpaired) electrons. The molecule has 2 saturated heterocycles. The largest absolute Gasteiger partial charge is 0.481 e. The summed E-state index contributed by atoms with van der Waals surface area (Å²) >= 11 is 0. The number of piperidine rings is 1. The molecule has 2 aliphatic rings. The first-order valence-electron chi connectivity index (χ1n) is 7.05. The quantitative estimate of drug-likeness (QED) is 0.780. The van der Waals surface area contributed by atoms with Gasteiger partial charge in [-0.05, 0) is 25.2 Å². The Morgan fingerprint density at radius 3 is 2.20 bits per heavy atom. The highest BCUT2D eigenvalue weighted by atomic mass is 32.2. The summed E-state index contributed by atoms with van der Waals surface area (Å²) in [5.74, 6) is -0.462. The van der Waals surface area contributed by atoms with E-state index in [1.165, 1.54) is 8.61 Å². The first-order chi connectivity index (χ1) is 9.50. The maximum atomic E-state index is 12.4. The normalized spacial score (nSPS) is 23.8. The van der Waals surface area contributed by atoms with Crippen molar-refractivity contribution in [1.29, 1.82) is 0 Å². The zero-order valence-electron chi connectivity index (χ0n) is 11.5. The molecule has 1 N–H and O–H groups in total. The van der Waals surface area contributed by atoms with Crippen molar-refractivity contribution in [3.8, 4) is 0 Å². The summed E-state index contributed by atoms with van der Waals surface area (Å²) in [6, 6.07) is 0. The molecule has 0 unspecified atom stereocenters. The molecule has 0 amide bonds. The van der Waals surface area contributed by atoms with Crippen LogP contribution in [-0.2, 0) is 19.7 Å². The molecular formula is C12H22N2O5S. The molecule has 0 bridgehead atoms. The van der Waals surface area contributed by atoms with Crippen LogP contribution in [-0.4, -0.2) is 67.5 Å². The fourth-order valence-electron chi connectivity index (χ4n) is 2.70. The molecule has 7 nitrogen and oxygen atoms in total. The summed E-state index contributed by atoms with van der Waals surface area (Å²) in [7, 11) is -3.37. The number of hydrogen-bond donors (Lipinski definition) is 1. The summed E-state index contributed by atoms with van der Waals surface area (Å²) in [5.41, 5.74) is 0. The van der Waals surface area contributed by atoms with Crippen molar-refractivity contribution >= 4 is 16.2 Å². The van der Waals surface area contributed by atoms with Crippen LogP contribution in [0.4, 0.5) is 0 Å². The van der Waals surface area contributed by atoms with Crippen LogP contribution in [0.3, 0.4) is 0 Å². The van der Waals surface area contributed by atoms with Crippen molar-refractivity contribution in [2.24, 2.45) is 5.92 Å². The fourth-order valence-corrected chi connectivity index (χ4v) is 4.31. The van der Waals surface area contributed by atoms with Gasteiger partial charge >= 0.3 is 5.97 Å². The standard InChI is InChI=1S/C12H22N2O5S/c15-12(16)2-1-11-3-5-13(6-4-11)20(17,18)14-7-9-19-10-8-14/h11H,1-10H2,(H,15,16). The number of carboxylic acid groups (broad SMARTS) is 1. The molecule has 0 spiro atoms. The number of carboxylic acids is 1. The molecule has 0 aliphatic carbocycles. The third-order valence-electron chi connectivity index (χ3n) is 3.96. The SMILES string of the molecule is O=C(O)CCC1CCN(S(=O)(=O)N2CCOCC2)CC1. The van der Waals surface area contributed by atoms with Gasteiger partial charge in [0.1, 0.15) is 0 Å². The molecule has 2 rings (SSSR count). The number of aliphatic carboxylic acids is 1. The van der Waals surface area contributed by atoms with Crippen molar-refractivity contribution in [3.63, 3.8) is 0 Å². The first kappa shape index (κ1) is 15.7. The second-order valence-electron chi connectivity index (χ2n) is 5.29. The number of morpholine rings is 1. The highest BCUT2D eigenvalue weighted by molar-refractivity contribution is 7.86. The van der Waals surface area contributed by atoms with Gasteiger partial charge in [0, 0.05) is 32.6 Å². The fraction of sp³-hybridized carbons (Fsp3) is 0.917. The van der Waals surface area contributed by atoms with Crippen molar-refractivity contribution in [2.75, 3.05) is 39.4 Å². The van der Waals surface area contributed by atoms with Crippen molar-refractivity contribution in [3.05, 3.63) is 0 Å². The molecular weight excluding hydrogens is 284 g/mol. The van der Waals surface area contributed by atoms with E-state index < -0.39 is 16.2 Å². The van der Waals surface area contributed by atoms with Gasteiger partial charge in [-0.1, -0.05) is 0 Å². The van der Waals surface area contributed by atoms with E-state index in [4.69, 9.17) is 9.84 Å². The van der Waals surface area contributed by atoms with Crippen molar-refractivity contribution in [1.82, 2.24) is 8.61 Å². The molecule has 0 atom stereocenters. The average Bonchev–Trinajstić information content (AvgIpc) is 2.46. The van der Waals surface area contributed by atoms with Gasteiger partial charge < -0.3 is 9.84 Å². The van der Waals surface area contributed by atoms with Gasteiger partial charge in [0.25, 0.3) is 10.2 Å². The lowest BCUT2D eigenvalue weighted by Gasteiger charge is -2.36. The van der Waals surface area contributed by atoms with E-state index in [-0.39, 0.29) is 6.42 Å². The molecule has 0 aromatic heterocycles. The Hall–Kier alpha value is -0.700. The molecule has 0 aromatic carbocycles. The number of hydrogen-bond acceptors (Lipinski definition) is 4. The number of nitrogens with zero attached hydrogens (tertiary/aromatic N) is 2. The molecule has 8 heteroatoms. The lowest BCUT2D eigenvalue weighted by molar-refractivity contribution is -0.137. The Bertz CT molecular complexity index is 425. The van der Waals surface area contributed by atoms with E-state index in [1.54, 1.807) is 0 Å². The second-order valence-corrected chi connectivity index (χ2v) is 7.22. The molecule has 0 aromatic rings. The van der Waals surface area contributed by atoms with E-state index in [0.29, 0.717) is 51.7 Å². The van der Waals surface area contributed by atoms with Crippen LogP contribution in [0, 0.1) is 5.92 Å². The summed E-state index contributed by atoms with van der Waals surface area (Å²) < 4.78 is 33.0. The van der Waals surface area contributed by atoms with Crippen LogP contribution >= 0.6 is 0 Å². The minimum Gasteiger partial charge on any atom is -0.481 e. The van der Waals surface area contributed by atoms with Crippen LogP contribution < -0.4 is 0 Å². The van der Waals surface area contributed by atoms with Gasteiger partial charge in [0.2, 0.25) is 0 Å². The van der Waals surface area contributed by atoms with E-state index in [9.17, 15) is 13.2 Å². The van der Waals surface area contributed by atoms with E-state index >= 15 is 0 Å². The highest BCUT2D eigenvalue weighted by Gasteiger charge is 2.33. The zero-order valence-corrected chi connectivity index (χ0v) is 12.3. The highest BCUT2D eigenvalue weighted by Crippen LogP contribution is 2.25. The Balaban J connectivity index is 1.84. The van der Waals surface area contributed by atoms with Crippen molar-refractivity contribution in [2.45, 2.75) is 25.7 Å². The molecule has 20 heavy (non-hydrogen) atoms. The van der Waals surface area contributed by atoms with Gasteiger partial charge in [0.05, 0.1) is 13.2 Å². The second kappa shape index (κ2) is 6.84. The number of rotatable bonds is 5. The minimum atomic E-state index is -3.37. The van der Waals surface area contributed by atoms with Gasteiger partial charge in [-0.25, -0.2) is 0 Å². The monoisotopic (exact) mass is 306 g/mol. The first-order valence-corrected chi connectivity index (χ1v) is 8.44. The van der Waals surface area contributed by atoms with Crippen LogP contribution in [0.5, 0.6) is 0 Å². The predicted molar refractivity (Wildman–Crippen MR) is 72.5 cm³/mol. The van der Waals surface area contributed by atoms with Crippen LogP contribution in [0.1, 0.15) is 25.7 Å². The Morgan fingerprint density at radius 2 is 1.65 bits per heavy atom. The van der Waals surface area contributed by atoms with E-state index in [0.717, 1.165) is 12.8 Å². The summed E-state index contributed by atoms with van der Waals surface area (Å²) in [4.78, 5) is 10.5. The zero-order chi connectivity index (χ0) is 14.6. The molecule has 2 fully saturated rings. The van der Waals surface area contributed by atoms with Crippen molar-refractivity contribution < 1.29 is 23.1 Å². The minimum absolute atomic E-state index is 0.168. The molecule has 2 heterocycles. The van der Waals surface area contributed by atoms with E-state index in [1.807, 2.05) is 0 Å². The molecule has 116 valence electrons. The summed E-state index contributed by atoms with van der Waals surface area (Å²) in [6.07, 6.45) is 2.30. The Kier molecular flexibility index (Phi) is 5.36. The lowest BCUT2D eigenvalue weighted by atomic mass is 9.93. The molecule has 2 aliphatic heterocycles. The van der Waals surface area contributed by atoms with Gasteiger partial charge in [-0.15, -0.1) is 0 Å². The predicted octanol–water partition coefficient (Wildman–Crippen LogP) is 0.140. The summed E-state index contributed by atoms with van der Waals surface area (Å²) in [5, 5.41) is 8.67. The third kappa shape index (κ3) is 3.91. The van der Waals surface area contributed by atoms with Crippen LogP contribution in [0.15, 0.2) is 0 Å². The smallest absolute Gasteiger partial charge is 0.303 e. The average molecular weight is 306 g/mol. The topological polar surface area (TPSA) is 87.2 Å².